The summed E-state index contributed by atoms with van der Waals surface area (Å²) in [7, 11) is 0. The van der Waals surface area contributed by atoms with Gasteiger partial charge in [-0.3, -0.25) is 0 Å². The van der Waals surface area contributed by atoms with Gasteiger partial charge in [-0.1, -0.05) is 31.0 Å². The fourth-order valence-electron chi connectivity index (χ4n) is 2.96. The number of rotatable bonds is 3. The van der Waals surface area contributed by atoms with E-state index in [9.17, 15) is 9.18 Å². The molecule has 0 atom stereocenters. The predicted octanol–water partition coefficient (Wildman–Crippen LogP) is 3.06. The van der Waals surface area contributed by atoms with Crippen LogP contribution < -0.4 is 10.6 Å². The minimum atomic E-state index is -0.523. The van der Waals surface area contributed by atoms with Crippen LogP contribution in [0.15, 0.2) is 24.3 Å². The molecule has 1 aromatic rings. The summed E-state index contributed by atoms with van der Waals surface area (Å²) in [5.41, 5.74) is 0.100. The Morgan fingerprint density at radius 2 is 1.89 bits per heavy atom. The maximum atomic E-state index is 14.0. The van der Waals surface area contributed by atoms with Gasteiger partial charge in [0.1, 0.15) is 5.82 Å². The number of halogens is 1. The number of benzene rings is 1. The molecule has 0 spiro atoms. The number of amides is 2. The van der Waals surface area contributed by atoms with E-state index in [4.69, 9.17) is 0 Å². The SMILES string of the molecule is O=C(NC1CC1)NC1(c2ccccc2F)CCCC1. The molecule has 0 unspecified atom stereocenters. The fraction of sp³-hybridized carbons (Fsp3) is 0.533. The molecule has 0 bridgehead atoms. The molecule has 2 aliphatic rings. The number of hydrogen-bond acceptors (Lipinski definition) is 1. The van der Waals surface area contributed by atoms with E-state index in [1.165, 1.54) is 6.07 Å². The lowest BCUT2D eigenvalue weighted by molar-refractivity contribution is 0.223. The molecular formula is C15H19FN2O. The van der Waals surface area contributed by atoms with E-state index < -0.39 is 5.54 Å². The molecule has 0 radical (unpaired) electrons. The highest BCUT2D eigenvalue weighted by atomic mass is 19.1. The van der Waals surface area contributed by atoms with E-state index in [0.29, 0.717) is 11.6 Å². The predicted molar refractivity (Wildman–Crippen MR) is 71.2 cm³/mol. The maximum absolute atomic E-state index is 14.0. The van der Waals surface area contributed by atoms with Crippen LogP contribution in [0.2, 0.25) is 0 Å². The van der Waals surface area contributed by atoms with Gasteiger partial charge in [0.2, 0.25) is 0 Å². The van der Waals surface area contributed by atoms with Crippen molar-refractivity contribution in [2.45, 2.75) is 50.1 Å². The van der Waals surface area contributed by atoms with Gasteiger partial charge < -0.3 is 10.6 Å². The monoisotopic (exact) mass is 262 g/mol. The Morgan fingerprint density at radius 1 is 1.21 bits per heavy atom. The Balaban J connectivity index is 1.82. The third-order valence-electron chi connectivity index (χ3n) is 4.11. The first-order valence-electron chi connectivity index (χ1n) is 7.03. The van der Waals surface area contributed by atoms with Crippen molar-refractivity contribution in [1.29, 1.82) is 0 Å². The van der Waals surface area contributed by atoms with Gasteiger partial charge >= 0.3 is 6.03 Å². The van der Waals surface area contributed by atoms with E-state index >= 15 is 0 Å². The molecule has 19 heavy (non-hydrogen) atoms. The standard InChI is InChI=1S/C15H19FN2O/c16-13-6-2-1-5-12(13)15(9-3-4-10-15)18-14(19)17-11-7-8-11/h1-2,5-6,11H,3-4,7-10H2,(H2,17,18,19). The topological polar surface area (TPSA) is 41.1 Å². The Bertz CT molecular complexity index is 479. The van der Waals surface area contributed by atoms with Crippen molar-refractivity contribution in [2.24, 2.45) is 0 Å². The number of nitrogens with one attached hydrogen (secondary N) is 2. The first kappa shape index (κ1) is 12.5. The van der Waals surface area contributed by atoms with Crippen LogP contribution in [0, 0.1) is 5.82 Å². The lowest BCUT2D eigenvalue weighted by Gasteiger charge is -2.31. The van der Waals surface area contributed by atoms with Crippen molar-refractivity contribution in [1.82, 2.24) is 10.6 Å². The van der Waals surface area contributed by atoms with Crippen molar-refractivity contribution in [3.63, 3.8) is 0 Å². The molecule has 2 aliphatic carbocycles. The molecule has 0 saturated heterocycles. The first-order chi connectivity index (χ1) is 9.20. The zero-order valence-corrected chi connectivity index (χ0v) is 10.9. The zero-order valence-electron chi connectivity index (χ0n) is 10.9. The van der Waals surface area contributed by atoms with Crippen LogP contribution in [-0.2, 0) is 5.54 Å². The van der Waals surface area contributed by atoms with Gasteiger partial charge in [0.15, 0.2) is 0 Å². The second-order valence-corrected chi connectivity index (χ2v) is 5.64. The summed E-state index contributed by atoms with van der Waals surface area (Å²) in [6.07, 6.45) is 5.79. The molecule has 0 aromatic heterocycles. The summed E-state index contributed by atoms with van der Waals surface area (Å²) in [5.74, 6) is -0.226. The molecule has 2 saturated carbocycles. The van der Waals surface area contributed by atoms with Crippen molar-refractivity contribution in [3.8, 4) is 0 Å². The van der Waals surface area contributed by atoms with Crippen LogP contribution >= 0.6 is 0 Å². The number of hydrogen-bond donors (Lipinski definition) is 2. The van der Waals surface area contributed by atoms with E-state index in [1.807, 2.05) is 6.07 Å². The summed E-state index contributed by atoms with van der Waals surface area (Å²) in [4.78, 5) is 12.0. The van der Waals surface area contributed by atoms with Gasteiger partial charge in [-0.25, -0.2) is 9.18 Å². The minimum absolute atomic E-state index is 0.160. The van der Waals surface area contributed by atoms with E-state index in [1.54, 1.807) is 12.1 Å². The van der Waals surface area contributed by atoms with Crippen molar-refractivity contribution < 1.29 is 9.18 Å². The van der Waals surface area contributed by atoms with Gasteiger partial charge in [-0.15, -0.1) is 0 Å². The molecule has 3 nitrogen and oxygen atoms in total. The molecule has 2 fully saturated rings. The molecule has 0 heterocycles. The lowest BCUT2D eigenvalue weighted by atomic mass is 9.88. The van der Waals surface area contributed by atoms with Crippen LogP contribution in [-0.4, -0.2) is 12.1 Å². The number of carbonyl (C=O) groups is 1. The van der Waals surface area contributed by atoms with E-state index in [2.05, 4.69) is 10.6 Å². The molecule has 1 aromatic carbocycles. The second kappa shape index (κ2) is 4.83. The molecule has 3 rings (SSSR count). The van der Waals surface area contributed by atoms with Crippen LogP contribution in [0.4, 0.5) is 9.18 Å². The quantitative estimate of drug-likeness (QED) is 0.863. The average Bonchev–Trinajstić information content (AvgIpc) is 3.06. The molecular weight excluding hydrogens is 243 g/mol. The largest absolute Gasteiger partial charge is 0.335 e. The highest BCUT2D eigenvalue weighted by Crippen LogP contribution is 2.39. The fourth-order valence-corrected chi connectivity index (χ4v) is 2.96. The average molecular weight is 262 g/mol. The zero-order chi connectivity index (χ0) is 13.3. The summed E-state index contributed by atoms with van der Waals surface area (Å²) in [6.45, 7) is 0. The van der Waals surface area contributed by atoms with Gasteiger partial charge in [0.05, 0.1) is 5.54 Å². The number of carbonyl (C=O) groups excluding carboxylic acids is 1. The van der Waals surface area contributed by atoms with Crippen LogP contribution in [0.5, 0.6) is 0 Å². The Labute approximate surface area is 112 Å². The molecule has 102 valence electrons. The van der Waals surface area contributed by atoms with Gasteiger partial charge in [-0.05, 0) is 31.7 Å². The summed E-state index contributed by atoms with van der Waals surface area (Å²) >= 11 is 0. The Kier molecular flexibility index (Phi) is 3.17. The van der Waals surface area contributed by atoms with Crippen LogP contribution in [0.3, 0.4) is 0 Å². The Hall–Kier alpha value is -1.58. The second-order valence-electron chi connectivity index (χ2n) is 5.64. The van der Waals surface area contributed by atoms with Gasteiger partial charge in [-0.2, -0.15) is 0 Å². The molecule has 2 N–H and O–H groups in total. The maximum Gasteiger partial charge on any atom is 0.315 e. The smallest absolute Gasteiger partial charge is 0.315 e. The van der Waals surface area contributed by atoms with Crippen LogP contribution in [0.1, 0.15) is 44.1 Å². The third-order valence-corrected chi connectivity index (χ3v) is 4.11. The molecule has 2 amide bonds. The van der Waals surface area contributed by atoms with Crippen LogP contribution in [0.25, 0.3) is 0 Å². The Morgan fingerprint density at radius 3 is 2.53 bits per heavy atom. The number of urea groups is 1. The minimum Gasteiger partial charge on any atom is -0.335 e. The lowest BCUT2D eigenvalue weighted by Crippen LogP contribution is -2.49. The molecule has 4 heteroatoms. The first-order valence-corrected chi connectivity index (χ1v) is 7.03. The van der Waals surface area contributed by atoms with Gasteiger partial charge in [0.25, 0.3) is 0 Å². The van der Waals surface area contributed by atoms with Gasteiger partial charge in [0, 0.05) is 11.6 Å². The summed E-state index contributed by atoms with van der Waals surface area (Å²) < 4.78 is 14.0. The summed E-state index contributed by atoms with van der Waals surface area (Å²) in [6, 6.07) is 6.94. The van der Waals surface area contributed by atoms with Crippen molar-refractivity contribution >= 4 is 6.03 Å². The van der Waals surface area contributed by atoms with Crippen molar-refractivity contribution in [2.75, 3.05) is 0 Å². The van der Waals surface area contributed by atoms with Crippen molar-refractivity contribution in [3.05, 3.63) is 35.6 Å². The third kappa shape index (κ3) is 2.57. The highest BCUT2D eigenvalue weighted by molar-refractivity contribution is 5.75. The normalized spacial score (nSPS) is 21.1. The van der Waals surface area contributed by atoms with E-state index in [-0.39, 0.29) is 11.8 Å². The summed E-state index contributed by atoms with van der Waals surface area (Å²) in [5, 5.41) is 5.95. The molecule has 0 aliphatic heterocycles. The highest BCUT2D eigenvalue weighted by Gasteiger charge is 2.39. The van der Waals surface area contributed by atoms with E-state index in [0.717, 1.165) is 38.5 Å².